The van der Waals surface area contributed by atoms with Crippen LogP contribution in [-0.2, 0) is 22.2 Å². The number of sulfonamides is 1. The van der Waals surface area contributed by atoms with Gasteiger partial charge in [-0.3, -0.25) is 0 Å². The minimum Gasteiger partial charge on any atom is -0.383 e. The van der Waals surface area contributed by atoms with Crippen molar-refractivity contribution in [1.82, 2.24) is 0 Å². The maximum absolute atomic E-state index is 11.4. The molecule has 0 saturated heterocycles. The largest absolute Gasteiger partial charge is 0.383 e. The van der Waals surface area contributed by atoms with E-state index in [1.165, 1.54) is 0 Å². The van der Waals surface area contributed by atoms with Gasteiger partial charge in [-0.05, 0) is 17.5 Å². The van der Waals surface area contributed by atoms with Crippen LogP contribution in [0.5, 0.6) is 0 Å². The molecule has 16 heavy (non-hydrogen) atoms. The zero-order valence-electron chi connectivity index (χ0n) is 9.10. The van der Waals surface area contributed by atoms with Crippen molar-refractivity contribution in [2.24, 2.45) is 10.1 Å². The number of rotatable bonds is 2. The summed E-state index contributed by atoms with van der Waals surface area (Å²) in [6, 6.07) is 5.65. The van der Waals surface area contributed by atoms with Gasteiger partial charge in [0, 0.05) is 5.56 Å². The fourth-order valence-electron chi connectivity index (χ4n) is 2.00. The lowest BCUT2D eigenvalue weighted by Crippen LogP contribution is -2.25. The summed E-state index contributed by atoms with van der Waals surface area (Å²) in [7, 11) is -3.41. The van der Waals surface area contributed by atoms with Crippen LogP contribution >= 0.6 is 0 Å². The monoisotopic (exact) mass is 238 g/mol. The fraction of sp³-hybridized carbons (Fsp3) is 0.364. The third-order valence-electron chi connectivity index (χ3n) is 2.59. The number of nitrogens with zero attached hydrogens (tertiary/aromatic N) is 1. The van der Waals surface area contributed by atoms with Gasteiger partial charge < -0.3 is 5.73 Å². The summed E-state index contributed by atoms with van der Waals surface area (Å²) in [6.45, 7) is 2.08. The molecule has 0 aromatic heterocycles. The average Bonchev–Trinajstić information content (AvgIpc) is 2.15. The lowest BCUT2D eigenvalue weighted by Gasteiger charge is -2.17. The smallest absolute Gasteiger partial charge is 0.259 e. The molecule has 0 atom stereocenters. The van der Waals surface area contributed by atoms with Gasteiger partial charge in [0.2, 0.25) is 0 Å². The summed E-state index contributed by atoms with van der Waals surface area (Å²) in [5.41, 5.74) is 8.38. The van der Waals surface area contributed by atoms with Crippen LogP contribution in [-0.4, -0.2) is 14.3 Å². The Morgan fingerprint density at radius 1 is 1.44 bits per heavy atom. The van der Waals surface area contributed by atoms with E-state index in [1.54, 1.807) is 6.07 Å². The minimum absolute atomic E-state index is 0.0411. The molecule has 0 saturated carbocycles. The molecule has 1 heterocycles. The van der Waals surface area contributed by atoms with Crippen LogP contribution in [0, 0.1) is 0 Å². The first-order valence-electron chi connectivity index (χ1n) is 5.23. The van der Waals surface area contributed by atoms with Gasteiger partial charge in [-0.15, -0.1) is 4.40 Å². The van der Waals surface area contributed by atoms with Crippen LogP contribution in [0.1, 0.15) is 30.0 Å². The van der Waals surface area contributed by atoms with Crippen molar-refractivity contribution in [3.63, 3.8) is 0 Å². The summed E-state index contributed by atoms with van der Waals surface area (Å²) in [5, 5.41) is 0. The third-order valence-corrected chi connectivity index (χ3v) is 3.74. The van der Waals surface area contributed by atoms with Gasteiger partial charge in [-0.25, -0.2) is 8.42 Å². The van der Waals surface area contributed by atoms with Crippen LogP contribution < -0.4 is 5.73 Å². The van der Waals surface area contributed by atoms with E-state index < -0.39 is 10.0 Å². The molecule has 86 valence electrons. The fourth-order valence-corrected chi connectivity index (χ4v) is 3.09. The first kappa shape index (κ1) is 11.1. The lowest BCUT2D eigenvalue weighted by atomic mass is 9.98. The number of aryl methyl sites for hydroxylation is 1. The molecular formula is C11H14N2O2S. The third kappa shape index (κ3) is 1.95. The molecule has 1 aliphatic heterocycles. The van der Waals surface area contributed by atoms with E-state index in [-0.39, 0.29) is 11.6 Å². The topological polar surface area (TPSA) is 72.5 Å². The van der Waals surface area contributed by atoms with Crippen molar-refractivity contribution in [3.8, 4) is 0 Å². The highest BCUT2D eigenvalue weighted by Gasteiger charge is 2.23. The summed E-state index contributed by atoms with van der Waals surface area (Å²) in [6.07, 6.45) is 1.88. The van der Waals surface area contributed by atoms with Crippen LogP contribution in [0.15, 0.2) is 22.6 Å². The molecule has 0 spiro atoms. The Hall–Kier alpha value is -1.36. The number of fused-ring (bicyclic) bond motifs is 1. The maximum Gasteiger partial charge on any atom is 0.259 e. The number of hydrogen-bond acceptors (Lipinski definition) is 3. The molecule has 4 nitrogen and oxygen atoms in total. The summed E-state index contributed by atoms with van der Waals surface area (Å²) in [5.74, 6) is 0.0888. The molecule has 0 aliphatic carbocycles. The number of nitrogens with two attached hydrogens (primary N) is 1. The van der Waals surface area contributed by atoms with Gasteiger partial charge in [0.25, 0.3) is 10.0 Å². The van der Waals surface area contributed by atoms with Gasteiger partial charge in [-0.2, -0.15) is 0 Å². The summed E-state index contributed by atoms with van der Waals surface area (Å²) >= 11 is 0. The van der Waals surface area contributed by atoms with Gasteiger partial charge in [0.05, 0.1) is 5.75 Å². The zero-order chi connectivity index (χ0) is 11.8. The van der Waals surface area contributed by atoms with Gasteiger partial charge in [-0.1, -0.05) is 31.5 Å². The molecule has 0 fully saturated rings. The highest BCUT2D eigenvalue weighted by atomic mass is 32.2. The van der Waals surface area contributed by atoms with E-state index in [0.717, 1.165) is 29.5 Å². The number of hydrogen-bond donors (Lipinski definition) is 1. The van der Waals surface area contributed by atoms with Gasteiger partial charge in [0.1, 0.15) is 5.84 Å². The second kappa shape index (κ2) is 3.90. The van der Waals surface area contributed by atoms with Crippen molar-refractivity contribution in [1.29, 1.82) is 0 Å². The molecular weight excluding hydrogens is 224 g/mol. The Morgan fingerprint density at radius 2 is 2.19 bits per heavy atom. The Balaban J connectivity index is 2.60. The second-order valence-corrected chi connectivity index (χ2v) is 5.54. The molecule has 2 N–H and O–H groups in total. The Bertz CT molecular complexity index is 547. The predicted octanol–water partition coefficient (Wildman–Crippen LogP) is 1.19. The SMILES string of the molecule is CCCc1cccc2c1C(N)=NS(=O)(=O)C2. The Morgan fingerprint density at radius 3 is 2.88 bits per heavy atom. The van der Waals surface area contributed by atoms with Crippen LogP contribution in [0.2, 0.25) is 0 Å². The quantitative estimate of drug-likeness (QED) is 0.841. The molecule has 0 amide bonds. The average molecular weight is 238 g/mol. The van der Waals surface area contributed by atoms with Gasteiger partial charge in [0.15, 0.2) is 0 Å². The van der Waals surface area contributed by atoms with Crippen LogP contribution in [0.4, 0.5) is 0 Å². The second-order valence-electron chi connectivity index (χ2n) is 3.90. The molecule has 0 bridgehead atoms. The molecule has 1 aromatic carbocycles. The first-order valence-corrected chi connectivity index (χ1v) is 6.83. The van der Waals surface area contributed by atoms with Crippen molar-refractivity contribution in [2.45, 2.75) is 25.5 Å². The molecule has 0 radical (unpaired) electrons. The van der Waals surface area contributed by atoms with E-state index >= 15 is 0 Å². The molecule has 1 aromatic rings. The summed E-state index contributed by atoms with van der Waals surface area (Å²) < 4.78 is 26.4. The number of benzene rings is 1. The van der Waals surface area contributed by atoms with Crippen LogP contribution in [0.25, 0.3) is 0 Å². The van der Waals surface area contributed by atoms with Crippen molar-refractivity contribution >= 4 is 15.9 Å². The van der Waals surface area contributed by atoms with Crippen molar-refractivity contribution in [3.05, 3.63) is 34.9 Å². The Kier molecular flexibility index (Phi) is 2.71. The predicted molar refractivity (Wildman–Crippen MR) is 63.8 cm³/mol. The Labute approximate surface area is 95.2 Å². The number of amidine groups is 1. The summed E-state index contributed by atoms with van der Waals surface area (Å²) in [4.78, 5) is 0. The van der Waals surface area contributed by atoms with E-state index in [0.29, 0.717) is 0 Å². The van der Waals surface area contributed by atoms with E-state index in [9.17, 15) is 8.42 Å². The van der Waals surface area contributed by atoms with Gasteiger partial charge >= 0.3 is 0 Å². The minimum atomic E-state index is -3.41. The normalized spacial score (nSPS) is 17.7. The standard InChI is InChI=1S/C11H14N2O2S/c1-2-4-8-5-3-6-9-7-16(14,15)13-11(12)10(8)9/h3,5-6H,2,4,7H2,1H3,(H2,12,13). The van der Waals surface area contributed by atoms with Crippen LogP contribution in [0.3, 0.4) is 0 Å². The van der Waals surface area contributed by atoms with Crippen molar-refractivity contribution < 1.29 is 8.42 Å². The lowest BCUT2D eigenvalue weighted by molar-refractivity contribution is 0.596. The molecule has 2 rings (SSSR count). The maximum atomic E-state index is 11.4. The molecule has 5 heteroatoms. The highest BCUT2D eigenvalue weighted by molar-refractivity contribution is 7.89. The van der Waals surface area contributed by atoms with E-state index in [2.05, 4.69) is 11.3 Å². The molecule has 1 aliphatic rings. The first-order chi connectivity index (χ1) is 7.53. The van der Waals surface area contributed by atoms with E-state index in [4.69, 9.17) is 5.73 Å². The highest BCUT2D eigenvalue weighted by Crippen LogP contribution is 2.23. The molecule has 0 unspecified atom stereocenters. The van der Waals surface area contributed by atoms with E-state index in [1.807, 2.05) is 12.1 Å². The van der Waals surface area contributed by atoms with Crippen molar-refractivity contribution in [2.75, 3.05) is 0 Å². The zero-order valence-corrected chi connectivity index (χ0v) is 9.92.